The summed E-state index contributed by atoms with van der Waals surface area (Å²) in [6, 6.07) is 6.31. The van der Waals surface area contributed by atoms with E-state index in [4.69, 9.17) is 14.2 Å². The SMILES string of the molecule is CCCC(C)OCC(NC)c1ccc2c(c1)OCCCO2. The van der Waals surface area contributed by atoms with Crippen molar-refractivity contribution in [2.45, 2.75) is 45.3 Å². The molecule has 1 aromatic carbocycles. The fourth-order valence-electron chi connectivity index (χ4n) is 2.49. The van der Waals surface area contributed by atoms with E-state index in [0.29, 0.717) is 19.3 Å². The van der Waals surface area contributed by atoms with Crippen LogP contribution in [0.2, 0.25) is 0 Å². The molecule has 0 radical (unpaired) electrons. The summed E-state index contributed by atoms with van der Waals surface area (Å²) in [4.78, 5) is 0. The van der Waals surface area contributed by atoms with Gasteiger partial charge in [-0.1, -0.05) is 19.4 Å². The summed E-state index contributed by atoms with van der Waals surface area (Å²) in [6.45, 7) is 6.41. The molecule has 1 N–H and O–H groups in total. The Bertz CT molecular complexity index is 436. The van der Waals surface area contributed by atoms with Crippen molar-refractivity contribution in [1.29, 1.82) is 0 Å². The zero-order valence-corrected chi connectivity index (χ0v) is 13.4. The van der Waals surface area contributed by atoms with Gasteiger partial charge in [0.05, 0.1) is 32.0 Å². The van der Waals surface area contributed by atoms with E-state index in [2.05, 4.69) is 31.3 Å². The third-order valence-corrected chi connectivity index (χ3v) is 3.77. The van der Waals surface area contributed by atoms with Crippen molar-refractivity contribution >= 4 is 0 Å². The third-order valence-electron chi connectivity index (χ3n) is 3.77. The standard InChI is InChI=1S/C17H27NO3/c1-4-6-13(2)21-12-15(18-3)14-7-8-16-17(11-14)20-10-5-9-19-16/h7-8,11,13,15,18H,4-6,9-10,12H2,1-3H3. The summed E-state index contributed by atoms with van der Waals surface area (Å²) in [5.74, 6) is 1.68. The molecular weight excluding hydrogens is 266 g/mol. The van der Waals surface area contributed by atoms with Gasteiger partial charge in [-0.2, -0.15) is 0 Å². The molecule has 2 atom stereocenters. The highest BCUT2D eigenvalue weighted by Crippen LogP contribution is 2.32. The highest BCUT2D eigenvalue weighted by Gasteiger charge is 2.16. The molecule has 4 heteroatoms. The maximum atomic E-state index is 5.92. The summed E-state index contributed by atoms with van der Waals surface area (Å²) >= 11 is 0. The number of rotatable bonds is 7. The Morgan fingerprint density at radius 3 is 2.71 bits per heavy atom. The van der Waals surface area contributed by atoms with Gasteiger partial charge in [-0.15, -0.1) is 0 Å². The zero-order valence-electron chi connectivity index (χ0n) is 13.4. The molecule has 0 amide bonds. The summed E-state index contributed by atoms with van der Waals surface area (Å²) in [5.41, 5.74) is 1.17. The zero-order chi connectivity index (χ0) is 15.1. The lowest BCUT2D eigenvalue weighted by Crippen LogP contribution is -2.24. The molecular formula is C17H27NO3. The summed E-state index contributed by atoms with van der Waals surface area (Å²) in [7, 11) is 1.96. The molecule has 4 nitrogen and oxygen atoms in total. The van der Waals surface area contributed by atoms with Crippen LogP contribution in [0.15, 0.2) is 18.2 Å². The molecule has 1 aliphatic rings. The van der Waals surface area contributed by atoms with Crippen molar-refractivity contribution in [2.24, 2.45) is 0 Å². The number of fused-ring (bicyclic) bond motifs is 1. The first-order valence-corrected chi connectivity index (χ1v) is 7.93. The Kier molecular flexibility index (Phi) is 6.33. The highest BCUT2D eigenvalue weighted by molar-refractivity contribution is 5.44. The Hall–Kier alpha value is -1.26. The van der Waals surface area contributed by atoms with E-state index < -0.39 is 0 Å². The van der Waals surface area contributed by atoms with Gasteiger partial charge in [-0.25, -0.2) is 0 Å². The number of benzene rings is 1. The van der Waals surface area contributed by atoms with Crippen LogP contribution in [0.5, 0.6) is 11.5 Å². The minimum Gasteiger partial charge on any atom is -0.490 e. The molecule has 21 heavy (non-hydrogen) atoms. The quantitative estimate of drug-likeness (QED) is 0.837. The van der Waals surface area contributed by atoms with Crippen molar-refractivity contribution in [3.8, 4) is 11.5 Å². The van der Waals surface area contributed by atoms with E-state index in [-0.39, 0.29) is 6.04 Å². The lowest BCUT2D eigenvalue weighted by Gasteiger charge is -2.21. The van der Waals surface area contributed by atoms with Gasteiger partial charge in [-0.05, 0) is 38.1 Å². The van der Waals surface area contributed by atoms with Crippen LogP contribution in [0.3, 0.4) is 0 Å². The monoisotopic (exact) mass is 293 g/mol. The minimum absolute atomic E-state index is 0.168. The predicted octanol–water partition coefficient (Wildman–Crippen LogP) is 3.31. The molecule has 0 aromatic heterocycles. The van der Waals surface area contributed by atoms with E-state index in [0.717, 1.165) is 37.4 Å². The molecule has 0 saturated heterocycles. The maximum absolute atomic E-state index is 5.92. The minimum atomic E-state index is 0.168. The van der Waals surface area contributed by atoms with Gasteiger partial charge in [0.15, 0.2) is 11.5 Å². The van der Waals surface area contributed by atoms with E-state index in [1.807, 2.05) is 13.1 Å². The summed E-state index contributed by atoms with van der Waals surface area (Å²) in [5, 5.41) is 3.32. The lowest BCUT2D eigenvalue weighted by atomic mass is 10.1. The number of hydrogen-bond donors (Lipinski definition) is 1. The van der Waals surface area contributed by atoms with E-state index >= 15 is 0 Å². The van der Waals surface area contributed by atoms with Crippen molar-refractivity contribution < 1.29 is 14.2 Å². The Morgan fingerprint density at radius 1 is 1.24 bits per heavy atom. The first-order chi connectivity index (χ1) is 10.2. The molecule has 0 saturated carbocycles. The van der Waals surface area contributed by atoms with Crippen molar-refractivity contribution in [2.75, 3.05) is 26.9 Å². The topological polar surface area (TPSA) is 39.7 Å². The first kappa shape index (κ1) is 16.1. The van der Waals surface area contributed by atoms with E-state index in [1.54, 1.807) is 0 Å². The molecule has 2 rings (SSSR count). The molecule has 1 aromatic rings. The van der Waals surface area contributed by atoms with Gasteiger partial charge in [-0.3, -0.25) is 0 Å². The molecule has 0 bridgehead atoms. The first-order valence-electron chi connectivity index (χ1n) is 7.93. The molecule has 2 unspecified atom stereocenters. The van der Waals surface area contributed by atoms with Gasteiger partial charge < -0.3 is 19.5 Å². The number of likely N-dealkylation sites (N-methyl/N-ethyl adjacent to an activating group) is 1. The fourth-order valence-corrected chi connectivity index (χ4v) is 2.49. The van der Waals surface area contributed by atoms with Gasteiger partial charge in [0.1, 0.15) is 0 Å². The molecule has 1 heterocycles. The Labute approximate surface area is 127 Å². The van der Waals surface area contributed by atoms with E-state index in [1.165, 1.54) is 5.56 Å². The van der Waals surface area contributed by atoms with Crippen LogP contribution in [0.1, 0.15) is 44.7 Å². The second kappa shape index (κ2) is 8.25. The maximum Gasteiger partial charge on any atom is 0.161 e. The van der Waals surface area contributed by atoms with Crippen molar-refractivity contribution in [3.05, 3.63) is 23.8 Å². The van der Waals surface area contributed by atoms with Crippen LogP contribution in [0.4, 0.5) is 0 Å². The normalized spacial score (nSPS) is 17.1. The van der Waals surface area contributed by atoms with Gasteiger partial charge in [0.25, 0.3) is 0 Å². The summed E-state index contributed by atoms with van der Waals surface area (Å²) < 4.78 is 17.3. The van der Waals surface area contributed by atoms with E-state index in [9.17, 15) is 0 Å². The van der Waals surface area contributed by atoms with Gasteiger partial charge >= 0.3 is 0 Å². The van der Waals surface area contributed by atoms with Crippen molar-refractivity contribution in [1.82, 2.24) is 5.32 Å². The number of hydrogen-bond acceptors (Lipinski definition) is 4. The highest BCUT2D eigenvalue weighted by atomic mass is 16.5. The average molecular weight is 293 g/mol. The van der Waals surface area contributed by atoms with Crippen LogP contribution in [0.25, 0.3) is 0 Å². The van der Waals surface area contributed by atoms with Crippen LogP contribution in [0, 0.1) is 0 Å². The second-order valence-electron chi connectivity index (χ2n) is 5.53. The Balaban J connectivity index is 2.02. The smallest absolute Gasteiger partial charge is 0.161 e. The van der Waals surface area contributed by atoms with Crippen molar-refractivity contribution in [3.63, 3.8) is 0 Å². The van der Waals surface area contributed by atoms with Crippen LogP contribution >= 0.6 is 0 Å². The number of nitrogens with one attached hydrogen (secondary N) is 1. The second-order valence-corrected chi connectivity index (χ2v) is 5.53. The molecule has 0 fully saturated rings. The third kappa shape index (κ3) is 4.61. The Morgan fingerprint density at radius 2 is 2.00 bits per heavy atom. The van der Waals surface area contributed by atoms with Gasteiger partial charge in [0, 0.05) is 6.42 Å². The average Bonchev–Trinajstić information content (AvgIpc) is 2.73. The molecule has 0 spiro atoms. The fraction of sp³-hybridized carbons (Fsp3) is 0.647. The number of ether oxygens (including phenoxy) is 3. The summed E-state index contributed by atoms with van der Waals surface area (Å²) in [6.07, 6.45) is 3.47. The van der Waals surface area contributed by atoms with Crippen LogP contribution < -0.4 is 14.8 Å². The lowest BCUT2D eigenvalue weighted by molar-refractivity contribution is 0.0452. The largest absolute Gasteiger partial charge is 0.490 e. The molecule has 1 aliphatic heterocycles. The predicted molar refractivity (Wildman–Crippen MR) is 84.2 cm³/mol. The molecule has 118 valence electrons. The van der Waals surface area contributed by atoms with Gasteiger partial charge in [0.2, 0.25) is 0 Å². The van der Waals surface area contributed by atoms with Crippen LogP contribution in [-0.4, -0.2) is 33.0 Å². The van der Waals surface area contributed by atoms with Crippen LogP contribution in [-0.2, 0) is 4.74 Å². The molecule has 0 aliphatic carbocycles.